The number of anilines is 3. The maximum atomic E-state index is 13.3. The molecule has 0 aliphatic rings. The molecular weight excluding hydrogens is 462 g/mol. The van der Waals surface area contributed by atoms with Crippen LogP contribution in [0, 0.1) is 0 Å². The Labute approximate surface area is 198 Å². The number of sulfonamides is 1. The zero-order valence-electron chi connectivity index (χ0n) is 18.2. The third-order valence-electron chi connectivity index (χ3n) is 4.84. The van der Waals surface area contributed by atoms with Gasteiger partial charge in [0.1, 0.15) is 0 Å². The molecule has 0 atom stereocenters. The fourth-order valence-electron chi connectivity index (χ4n) is 3.15. The lowest BCUT2D eigenvalue weighted by atomic mass is 10.2. The van der Waals surface area contributed by atoms with E-state index in [1.165, 1.54) is 28.6 Å². The minimum Gasteiger partial charge on any atom is -0.326 e. The van der Waals surface area contributed by atoms with Crippen LogP contribution in [-0.2, 0) is 14.8 Å². The lowest BCUT2D eigenvalue weighted by Crippen LogP contribution is -2.31. The molecule has 0 saturated carbocycles. The van der Waals surface area contributed by atoms with Crippen molar-refractivity contribution in [2.45, 2.75) is 25.2 Å². The number of para-hydroxylation sites is 1. The average Bonchev–Trinajstić information content (AvgIpc) is 2.82. The van der Waals surface area contributed by atoms with Gasteiger partial charge in [0.2, 0.25) is 5.91 Å². The van der Waals surface area contributed by atoms with Crippen LogP contribution in [0.1, 0.15) is 30.6 Å². The molecule has 3 rings (SSSR count). The fraction of sp³-hybridized carbons (Fsp3) is 0.167. The van der Waals surface area contributed by atoms with E-state index in [1.807, 2.05) is 6.07 Å². The molecule has 0 heterocycles. The second-order valence-corrected chi connectivity index (χ2v) is 9.35. The summed E-state index contributed by atoms with van der Waals surface area (Å²) in [4.78, 5) is 24.5. The summed E-state index contributed by atoms with van der Waals surface area (Å²) in [6.07, 6.45) is 0.309. The van der Waals surface area contributed by atoms with Crippen molar-refractivity contribution < 1.29 is 18.0 Å². The van der Waals surface area contributed by atoms with E-state index in [0.29, 0.717) is 23.5 Å². The van der Waals surface area contributed by atoms with Crippen LogP contribution < -0.4 is 14.9 Å². The Hall–Kier alpha value is -3.36. The highest BCUT2D eigenvalue weighted by atomic mass is 35.5. The number of hydrogen-bond acceptors (Lipinski definition) is 4. The summed E-state index contributed by atoms with van der Waals surface area (Å²) in [6.45, 7) is 3.70. The van der Waals surface area contributed by atoms with Crippen molar-refractivity contribution in [1.82, 2.24) is 0 Å². The van der Waals surface area contributed by atoms with E-state index in [2.05, 4.69) is 10.6 Å². The summed E-state index contributed by atoms with van der Waals surface area (Å²) >= 11 is 6.20. The molecule has 0 aliphatic heterocycles. The highest BCUT2D eigenvalue weighted by Crippen LogP contribution is 2.27. The van der Waals surface area contributed by atoms with Crippen LogP contribution in [0.25, 0.3) is 0 Å². The van der Waals surface area contributed by atoms with Crippen molar-refractivity contribution in [3.8, 4) is 0 Å². The smallest absolute Gasteiger partial charge is 0.264 e. The van der Waals surface area contributed by atoms with Gasteiger partial charge in [-0.25, -0.2) is 8.42 Å². The number of carbonyl (C=O) groups excluding carboxylic acids is 2. The van der Waals surface area contributed by atoms with Crippen LogP contribution in [-0.4, -0.2) is 26.8 Å². The Bertz CT molecular complexity index is 1260. The van der Waals surface area contributed by atoms with E-state index in [4.69, 9.17) is 11.6 Å². The summed E-state index contributed by atoms with van der Waals surface area (Å²) in [5, 5.41) is 5.66. The quantitative estimate of drug-likeness (QED) is 0.461. The third kappa shape index (κ3) is 5.71. The van der Waals surface area contributed by atoms with Crippen LogP contribution in [0.4, 0.5) is 17.1 Å². The Morgan fingerprint density at radius 2 is 1.64 bits per heavy atom. The molecule has 0 unspecified atom stereocenters. The second-order valence-electron chi connectivity index (χ2n) is 7.08. The number of benzene rings is 3. The molecule has 0 aromatic heterocycles. The van der Waals surface area contributed by atoms with E-state index >= 15 is 0 Å². The van der Waals surface area contributed by atoms with Gasteiger partial charge in [0.25, 0.3) is 15.9 Å². The molecule has 33 heavy (non-hydrogen) atoms. The van der Waals surface area contributed by atoms with Crippen LogP contribution in [0.5, 0.6) is 0 Å². The fourth-order valence-corrected chi connectivity index (χ4v) is 4.84. The Morgan fingerprint density at radius 3 is 2.30 bits per heavy atom. The number of hydrogen-bond donors (Lipinski definition) is 2. The zero-order valence-corrected chi connectivity index (χ0v) is 19.8. The first kappa shape index (κ1) is 24.3. The molecule has 0 saturated heterocycles. The SMILES string of the molecule is CCC(=O)Nc1ccc(Cl)c(NC(=O)c2cccc(S(=O)(=O)N(CC)c3ccccc3)c2)c1. The molecule has 7 nitrogen and oxygen atoms in total. The van der Waals surface area contributed by atoms with Gasteiger partial charge in [0, 0.05) is 24.2 Å². The van der Waals surface area contributed by atoms with Crippen LogP contribution in [0.3, 0.4) is 0 Å². The maximum absolute atomic E-state index is 13.3. The van der Waals surface area contributed by atoms with Crippen molar-refractivity contribution >= 4 is 50.5 Å². The van der Waals surface area contributed by atoms with Gasteiger partial charge >= 0.3 is 0 Å². The number of halogens is 1. The molecule has 2 amide bonds. The van der Waals surface area contributed by atoms with Gasteiger partial charge in [0.15, 0.2) is 0 Å². The summed E-state index contributed by atoms with van der Waals surface area (Å²) in [5.41, 5.74) is 1.47. The van der Waals surface area contributed by atoms with Crippen molar-refractivity contribution in [3.05, 3.63) is 83.4 Å². The largest absolute Gasteiger partial charge is 0.326 e. The first-order chi connectivity index (χ1) is 15.8. The second kappa shape index (κ2) is 10.5. The molecule has 0 bridgehead atoms. The van der Waals surface area contributed by atoms with Crippen molar-refractivity contribution in [2.24, 2.45) is 0 Å². The molecule has 9 heteroatoms. The topological polar surface area (TPSA) is 95.6 Å². The molecule has 0 radical (unpaired) electrons. The lowest BCUT2D eigenvalue weighted by molar-refractivity contribution is -0.115. The molecule has 3 aromatic carbocycles. The van der Waals surface area contributed by atoms with Crippen LogP contribution in [0.15, 0.2) is 77.7 Å². The van der Waals surface area contributed by atoms with Crippen molar-refractivity contribution in [2.75, 3.05) is 21.5 Å². The summed E-state index contributed by atoms with van der Waals surface area (Å²) in [6, 6.07) is 19.3. The minimum atomic E-state index is -3.88. The molecule has 2 N–H and O–H groups in total. The Kier molecular flexibility index (Phi) is 7.73. The van der Waals surface area contributed by atoms with Gasteiger partial charge in [-0.15, -0.1) is 0 Å². The first-order valence-electron chi connectivity index (χ1n) is 10.3. The summed E-state index contributed by atoms with van der Waals surface area (Å²) in [5.74, 6) is -0.706. The first-order valence-corrected chi connectivity index (χ1v) is 12.2. The number of nitrogens with one attached hydrogen (secondary N) is 2. The third-order valence-corrected chi connectivity index (χ3v) is 7.06. The van der Waals surface area contributed by atoms with Gasteiger partial charge in [-0.05, 0) is 55.5 Å². The zero-order chi connectivity index (χ0) is 24.0. The predicted octanol–water partition coefficient (Wildman–Crippen LogP) is 5.16. The normalized spacial score (nSPS) is 11.0. The van der Waals surface area contributed by atoms with E-state index in [0.717, 1.165) is 0 Å². The Morgan fingerprint density at radius 1 is 0.909 bits per heavy atom. The van der Waals surface area contributed by atoms with E-state index in [-0.39, 0.29) is 27.9 Å². The monoisotopic (exact) mass is 485 g/mol. The molecular formula is C24H24ClN3O4S. The number of rotatable bonds is 8. The van der Waals surface area contributed by atoms with Crippen molar-refractivity contribution in [1.29, 1.82) is 0 Å². The van der Waals surface area contributed by atoms with E-state index in [1.54, 1.807) is 56.3 Å². The summed E-state index contributed by atoms with van der Waals surface area (Å²) < 4.78 is 27.8. The average molecular weight is 486 g/mol. The van der Waals surface area contributed by atoms with Gasteiger partial charge in [-0.2, -0.15) is 0 Å². The molecule has 0 fully saturated rings. The standard InChI is InChI=1S/C24H24ClN3O4S/c1-3-23(29)26-18-13-14-21(25)22(16-18)27-24(30)17-9-8-12-20(15-17)33(31,32)28(4-2)19-10-6-5-7-11-19/h5-16H,3-4H2,1-2H3,(H,26,29)(H,27,30). The van der Waals surface area contributed by atoms with Gasteiger partial charge in [-0.1, -0.05) is 42.8 Å². The van der Waals surface area contributed by atoms with Crippen molar-refractivity contribution in [3.63, 3.8) is 0 Å². The molecule has 3 aromatic rings. The van der Waals surface area contributed by atoms with E-state index in [9.17, 15) is 18.0 Å². The highest BCUT2D eigenvalue weighted by molar-refractivity contribution is 7.92. The molecule has 172 valence electrons. The van der Waals surface area contributed by atoms with Crippen LogP contribution in [0.2, 0.25) is 5.02 Å². The van der Waals surface area contributed by atoms with Gasteiger partial charge in [0.05, 0.1) is 21.3 Å². The number of nitrogens with zero attached hydrogens (tertiary/aromatic N) is 1. The van der Waals surface area contributed by atoms with E-state index < -0.39 is 15.9 Å². The van der Waals surface area contributed by atoms with Gasteiger partial charge < -0.3 is 10.6 Å². The van der Waals surface area contributed by atoms with Gasteiger partial charge in [-0.3, -0.25) is 13.9 Å². The molecule has 0 aliphatic carbocycles. The summed E-state index contributed by atoms with van der Waals surface area (Å²) in [7, 11) is -3.88. The Balaban J connectivity index is 1.87. The number of carbonyl (C=O) groups is 2. The minimum absolute atomic E-state index is 0.00379. The lowest BCUT2D eigenvalue weighted by Gasteiger charge is -2.23. The maximum Gasteiger partial charge on any atom is 0.264 e. The number of amides is 2. The van der Waals surface area contributed by atoms with Crippen LogP contribution >= 0.6 is 11.6 Å². The predicted molar refractivity (Wildman–Crippen MR) is 131 cm³/mol. The molecule has 0 spiro atoms. The highest BCUT2D eigenvalue weighted by Gasteiger charge is 2.24.